The normalized spacial score (nSPS) is 15.7. The van der Waals surface area contributed by atoms with E-state index >= 15 is 0 Å². The first-order valence-corrected chi connectivity index (χ1v) is 4.81. The zero-order valence-corrected chi connectivity index (χ0v) is 8.49. The molecule has 0 saturated carbocycles. The highest BCUT2D eigenvalue weighted by molar-refractivity contribution is 4.59. The summed E-state index contributed by atoms with van der Waals surface area (Å²) >= 11 is 0. The number of nitrogens with one attached hydrogen (secondary N) is 1. The molecule has 0 rings (SSSR count). The molecule has 80 valence electrons. The van der Waals surface area contributed by atoms with Gasteiger partial charge in [-0.3, -0.25) is 0 Å². The number of ether oxygens (including phenoxy) is 1. The van der Waals surface area contributed by atoms with Crippen LogP contribution >= 0.6 is 0 Å². The van der Waals surface area contributed by atoms with E-state index in [2.05, 4.69) is 5.32 Å². The predicted octanol–water partition coefficient (Wildman–Crippen LogP) is -0.256. The molecule has 13 heavy (non-hydrogen) atoms. The summed E-state index contributed by atoms with van der Waals surface area (Å²) in [6, 6.07) is 0. The molecule has 0 amide bonds. The molecule has 0 aromatic carbocycles. The van der Waals surface area contributed by atoms with Crippen LogP contribution in [0.3, 0.4) is 0 Å². The molecule has 0 aromatic rings. The summed E-state index contributed by atoms with van der Waals surface area (Å²) in [4.78, 5) is 0. The lowest BCUT2D eigenvalue weighted by Crippen LogP contribution is -2.31. The number of hydrogen-bond acceptors (Lipinski definition) is 4. The van der Waals surface area contributed by atoms with Crippen molar-refractivity contribution < 1.29 is 14.9 Å². The third-order valence-corrected chi connectivity index (χ3v) is 1.63. The Labute approximate surface area is 79.9 Å². The molecule has 4 heteroatoms. The summed E-state index contributed by atoms with van der Waals surface area (Å²) in [5.74, 6) is 0. The van der Waals surface area contributed by atoms with E-state index in [4.69, 9.17) is 9.84 Å². The van der Waals surface area contributed by atoms with Crippen LogP contribution in [0.25, 0.3) is 0 Å². The molecular formula is C9H21NO3. The van der Waals surface area contributed by atoms with Crippen LogP contribution < -0.4 is 5.32 Å². The first kappa shape index (κ1) is 12.8. The van der Waals surface area contributed by atoms with E-state index in [9.17, 15) is 5.11 Å². The number of hydrogen-bond donors (Lipinski definition) is 3. The van der Waals surface area contributed by atoms with Gasteiger partial charge in [0.2, 0.25) is 0 Å². The van der Waals surface area contributed by atoms with E-state index in [1.54, 1.807) is 6.92 Å². The molecule has 2 atom stereocenters. The Bertz CT molecular complexity index is 109. The number of rotatable bonds is 8. The molecule has 3 N–H and O–H groups in total. The fraction of sp³-hybridized carbons (Fsp3) is 1.00. The Kier molecular flexibility index (Phi) is 8.33. The molecule has 0 radical (unpaired) electrons. The molecule has 4 nitrogen and oxygen atoms in total. The van der Waals surface area contributed by atoms with E-state index in [-0.39, 0.29) is 6.10 Å². The highest BCUT2D eigenvalue weighted by atomic mass is 16.5. The van der Waals surface area contributed by atoms with Crippen molar-refractivity contribution in [3.8, 4) is 0 Å². The van der Waals surface area contributed by atoms with Crippen LogP contribution in [0.15, 0.2) is 0 Å². The summed E-state index contributed by atoms with van der Waals surface area (Å²) in [5, 5.41) is 21.3. The van der Waals surface area contributed by atoms with Crippen molar-refractivity contribution in [1.29, 1.82) is 0 Å². The highest BCUT2D eigenvalue weighted by Gasteiger charge is 2.02. The van der Waals surface area contributed by atoms with Gasteiger partial charge in [0.05, 0.1) is 18.8 Å². The molecule has 0 aliphatic carbocycles. The van der Waals surface area contributed by atoms with Gasteiger partial charge >= 0.3 is 0 Å². The third kappa shape index (κ3) is 9.76. The lowest BCUT2D eigenvalue weighted by atomic mass is 10.3. The summed E-state index contributed by atoms with van der Waals surface area (Å²) in [7, 11) is 0. The van der Waals surface area contributed by atoms with Gasteiger partial charge in [-0.15, -0.1) is 0 Å². The average Bonchev–Trinajstić information content (AvgIpc) is 2.08. The van der Waals surface area contributed by atoms with E-state index in [0.29, 0.717) is 26.2 Å². The number of aliphatic hydroxyl groups is 2. The minimum atomic E-state index is -0.450. The summed E-state index contributed by atoms with van der Waals surface area (Å²) in [5.41, 5.74) is 0. The van der Waals surface area contributed by atoms with E-state index in [1.165, 1.54) is 0 Å². The average molecular weight is 191 g/mol. The zero-order chi connectivity index (χ0) is 10.1. The molecule has 0 fully saturated rings. The van der Waals surface area contributed by atoms with Crippen LogP contribution in [-0.2, 0) is 4.74 Å². The molecule has 0 aromatic heterocycles. The van der Waals surface area contributed by atoms with Crippen molar-refractivity contribution in [2.75, 3.05) is 26.3 Å². The van der Waals surface area contributed by atoms with Crippen LogP contribution in [0.2, 0.25) is 0 Å². The molecule has 0 aliphatic rings. The second kappa shape index (κ2) is 8.44. The minimum Gasteiger partial charge on any atom is -0.393 e. The van der Waals surface area contributed by atoms with E-state index in [1.807, 2.05) is 6.92 Å². The molecular weight excluding hydrogens is 170 g/mol. The molecule has 2 unspecified atom stereocenters. The zero-order valence-electron chi connectivity index (χ0n) is 8.49. The SMILES string of the molecule is CCOCC(O)CNCCC(C)O. The van der Waals surface area contributed by atoms with Crippen molar-refractivity contribution in [3.05, 3.63) is 0 Å². The number of aliphatic hydroxyl groups excluding tert-OH is 2. The van der Waals surface area contributed by atoms with Crippen molar-refractivity contribution in [3.63, 3.8) is 0 Å². The Morgan fingerprint density at radius 1 is 1.38 bits per heavy atom. The molecule has 0 bridgehead atoms. The van der Waals surface area contributed by atoms with Crippen molar-refractivity contribution in [2.45, 2.75) is 32.5 Å². The van der Waals surface area contributed by atoms with Crippen molar-refractivity contribution in [1.82, 2.24) is 5.32 Å². The summed E-state index contributed by atoms with van der Waals surface area (Å²) in [6.45, 7) is 5.89. The van der Waals surface area contributed by atoms with Gasteiger partial charge < -0.3 is 20.3 Å². The summed E-state index contributed by atoms with van der Waals surface area (Å²) in [6.07, 6.45) is -0.0214. The maximum Gasteiger partial charge on any atom is 0.0897 e. The van der Waals surface area contributed by atoms with E-state index in [0.717, 1.165) is 6.54 Å². The molecule has 0 saturated heterocycles. The van der Waals surface area contributed by atoms with Gasteiger partial charge in [0.15, 0.2) is 0 Å². The molecule has 0 heterocycles. The van der Waals surface area contributed by atoms with Crippen LogP contribution in [0.5, 0.6) is 0 Å². The van der Waals surface area contributed by atoms with Gasteiger partial charge in [-0.05, 0) is 26.8 Å². The monoisotopic (exact) mass is 191 g/mol. The van der Waals surface area contributed by atoms with E-state index < -0.39 is 6.10 Å². The Hall–Kier alpha value is -0.160. The fourth-order valence-corrected chi connectivity index (χ4v) is 0.892. The van der Waals surface area contributed by atoms with Crippen LogP contribution in [0.1, 0.15) is 20.3 Å². The highest BCUT2D eigenvalue weighted by Crippen LogP contribution is 1.87. The van der Waals surface area contributed by atoms with Gasteiger partial charge in [-0.1, -0.05) is 0 Å². The maximum absolute atomic E-state index is 9.30. The van der Waals surface area contributed by atoms with Gasteiger partial charge in [-0.2, -0.15) is 0 Å². The quantitative estimate of drug-likeness (QED) is 0.463. The van der Waals surface area contributed by atoms with Gasteiger partial charge in [-0.25, -0.2) is 0 Å². The predicted molar refractivity (Wildman–Crippen MR) is 51.7 cm³/mol. The topological polar surface area (TPSA) is 61.7 Å². The fourth-order valence-electron chi connectivity index (χ4n) is 0.892. The Morgan fingerprint density at radius 2 is 2.08 bits per heavy atom. The Balaban J connectivity index is 3.12. The smallest absolute Gasteiger partial charge is 0.0897 e. The van der Waals surface area contributed by atoms with Gasteiger partial charge in [0, 0.05) is 13.2 Å². The minimum absolute atomic E-state index is 0.281. The Morgan fingerprint density at radius 3 is 2.62 bits per heavy atom. The van der Waals surface area contributed by atoms with Crippen molar-refractivity contribution in [2.24, 2.45) is 0 Å². The van der Waals surface area contributed by atoms with Crippen LogP contribution in [0, 0.1) is 0 Å². The van der Waals surface area contributed by atoms with Crippen LogP contribution in [0.4, 0.5) is 0 Å². The molecule has 0 spiro atoms. The molecule has 0 aliphatic heterocycles. The second-order valence-corrected chi connectivity index (χ2v) is 3.16. The largest absolute Gasteiger partial charge is 0.393 e. The van der Waals surface area contributed by atoms with Crippen molar-refractivity contribution >= 4 is 0 Å². The maximum atomic E-state index is 9.30. The summed E-state index contributed by atoms with van der Waals surface area (Å²) < 4.78 is 5.03. The lowest BCUT2D eigenvalue weighted by molar-refractivity contribution is 0.0424. The first-order valence-electron chi connectivity index (χ1n) is 4.81. The second-order valence-electron chi connectivity index (χ2n) is 3.16. The third-order valence-electron chi connectivity index (χ3n) is 1.63. The first-order chi connectivity index (χ1) is 6.16. The van der Waals surface area contributed by atoms with Gasteiger partial charge in [0.1, 0.15) is 0 Å². The van der Waals surface area contributed by atoms with Crippen LogP contribution in [-0.4, -0.2) is 48.7 Å². The van der Waals surface area contributed by atoms with Gasteiger partial charge in [0.25, 0.3) is 0 Å². The lowest BCUT2D eigenvalue weighted by Gasteiger charge is -2.11. The standard InChI is InChI=1S/C9H21NO3/c1-3-13-7-9(12)6-10-5-4-8(2)11/h8-12H,3-7H2,1-2H3.